The summed E-state index contributed by atoms with van der Waals surface area (Å²) in [5.41, 5.74) is 1.02. The van der Waals surface area contributed by atoms with E-state index in [4.69, 9.17) is 0 Å². The summed E-state index contributed by atoms with van der Waals surface area (Å²) in [6.45, 7) is 1.93. The van der Waals surface area contributed by atoms with E-state index < -0.39 is 9.84 Å². The Hall–Kier alpha value is -1.76. The molecule has 22 heavy (non-hydrogen) atoms. The molecule has 122 valence electrons. The van der Waals surface area contributed by atoms with Gasteiger partial charge in [-0.1, -0.05) is 12.1 Å². The Labute approximate surface area is 131 Å². The maximum Gasteiger partial charge on any atom is 0.317 e. The predicted molar refractivity (Wildman–Crippen MR) is 84.6 cm³/mol. The highest BCUT2D eigenvalue weighted by atomic mass is 32.2. The topological polar surface area (TPSA) is 86.7 Å². The molecule has 0 radical (unpaired) electrons. The lowest BCUT2D eigenvalue weighted by atomic mass is 10.1. The third-order valence-corrected chi connectivity index (χ3v) is 5.78. The van der Waals surface area contributed by atoms with Crippen LogP contribution in [0, 0.1) is 0 Å². The number of phenolic OH excluding ortho intramolecular Hbond substituents is 1. The van der Waals surface area contributed by atoms with Gasteiger partial charge < -0.3 is 15.3 Å². The molecular weight excluding hydrogens is 304 g/mol. The van der Waals surface area contributed by atoms with Crippen LogP contribution in [0.5, 0.6) is 5.75 Å². The van der Waals surface area contributed by atoms with Gasteiger partial charge in [0.25, 0.3) is 0 Å². The molecule has 0 spiro atoms. The molecule has 1 saturated heterocycles. The molecule has 1 fully saturated rings. The summed E-state index contributed by atoms with van der Waals surface area (Å²) in [6.07, 6.45) is 1.14. The van der Waals surface area contributed by atoms with Crippen molar-refractivity contribution in [3.8, 4) is 5.75 Å². The summed E-state index contributed by atoms with van der Waals surface area (Å²) in [6, 6.07) is 6.29. The molecule has 0 bridgehead atoms. The first kappa shape index (κ1) is 16.6. The van der Waals surface area contributed by atoms with Crippen molar-refractivity contribution in [2.24, 2.45) is 0 Å². The number of hydrogen-bond donors (Lipinski definition) is 2. The van der Waals surface area contributed by atoms with Gasteiger partial charge in [-0.2, -0.15) is 0 Å². The van der Waals surface area contributed by atoms with Gasteiger partial charge in [0.05, 0.1) is 11.5 Å². The van der Waals surface area contributed by atoms with E-state index >= 15 is 0 Å². The molecule has 0 aliphatic carbocycles. The third-order valence-electron chi connectivity index (χ3n) is 4.01. The van der Waals surface area contributed by atoms with Crippen LogP contribution >= 0.6 is 0 Å². The van der Waals surface area contributed by atoms with Crippen molar-refractivity contribution in [2.75, 3.05) is 18.6 Å². The number of likely N-dealkylation sites (N-methyl/N-ethyl adjacent to an activating group) is 1. The molecule has 2 N–H and O–H groups in total. The van der Waals surface area contributed by atoms with Gasteiger partial charge in [-0.25, -0.2) is 13.2 Å². The van der Waals surface area contributed by atoms with Crippen molar-refractivity contribution < 1.29 is 18.3 Å². The number of phenols is 1. The van der Waals surface area contributed by atoms with Crippen LogP contribution in [0.15, 0.2) is 24.3 Å². The minimum absolute atomic E-state index is 0.0267. The molecule has 0 saturated carbocycles. The molecule has 2 atom stereocenters. The van der Waals surface area contributed by atoms with E-state index in [9.17, 15) is 18.3 Å². The van der Waals surface area contributed by atoms with Gasteiger partial charge in [0.2, 0.25) is 0 Å². The van der Waals surface area contributed by atoms with E-state index in [0.717, 1.165) is 5.56 Å². The Balaban J connectivity index is 1.88. The van der Waals surface area contributed by atoms with Gasteiger partial charge in [0.1, 0.15) is 5.75 Å². The molecule has 0 aromatic heterocycles. The number of amides is 2. The fraction of sp³-hybridized carbons (Fsp3) is 0.533. The molecule has 1 aliphatic heterocycles. The fourth-order valence-corrected chi connectivity index (χ4v) is 4.17. The van der Waals surface area contributed by atoms with Gasteiger partial charge in [-0.3, -0.25) is 0 Å². The largest absolute Gasteiger partial charge is 0.508 e. The first-order chi connectivity index (χ1) is 10.3. The second-order valence-corrected chi connectivity index (χ2v) is 8.11. The average Bonchev–Trinajstić information content (AvgIpc) is 2.79. The van der Waals surface area contributed by atoms with Gasteiger partial charge in [-0.05, 0) is 37.5 Å². The number of sulfone groups is 1. The van der Waals surface area contributed by atoms with Crippen molar-refractivity contribution >= 4 is 15.9 Å². The van der Waals surface area contributed by atoms with E-state index in [2.05, 4.69) is 5.32 Å². The molecule has 1 aromatic rings. The molecule has 1 heterocycles. The van der Waals surface area contributed by atoms with Crippen LogP contribution in [0.1, 0.15) is 18.9 Å². The number of aromatic hydroxyl groups is 1. The van der Waals surface area contributed by atoms with Crippen molar-refractivity contribution in [3.05, 3.63) is 29.8 Å². The van der Waals surface area contributed by atoms with Crippen LogP contribution in [0.3, 0.4) is 0 Å². The van der Waals surface area contributed by atoms with Crippen LogP contribution in [0.25, 0.3) is 0 Å². The molecule has 0 unspecified atom stereocenters. The third kappa shape index (κ3) is 4.37. The summed E-state index contributed by atoms with van der Waals surface area (Å²) in [5.74, 6) is 0.383. The van der Waals surface area contributed by atoms with E-state index in [1.807, 2.05) is 19.1 Å². The Morgan fingerprint density at radius 2 is 2.05 bits per heavy atom. The standard InChI is InChI=1S/C15H22N2O4S/c1-11(9-12-3-5-14(18)6-4-12)17(2)15(19)16-13-7-8-22(20,21)10-13/h3-6,11,13,18H,7-10H2,1-2H3,(H,16,19)/t11-,13+/m0/s1. The maximum atomic E-state index is 12.2. The van der Waals surface area contributed by atoms with Gasteiger partial charge in [0.15, 0.2) is 9.84 Å². The number of benzene rings is 1. The minimum Gasteiger partial charge on any atom is -0.508 e. The number of carbonyl (C=O) groups is 1. The number of urea groups is 1. The summed E-state index contributed by atoms with van der Waals surface area (Å²) in [5, 5.41) is 12.0. The Morgan fingerprint density at radius 1 is 1.41 bits per heavy atom. The quantitative estimate of drug-likeness (QED) is 0.869. The Morgan fingerprint density at radius 3 is 2.59 bits per heavy atom. The molecule has 2 amide bonds. The second-order valence-electron chi connectivity index (χ2n) is 5.88. The van der Waals surface area contributed by atoms with E-state index in [0.29, 0.717) is 12.8 Å². The summed E-state index contributed by atoms with van der Waals surface area (Å²) < 4.78 is 22.8. The van der Waals surface area contributed by atoms with Crippen LogP contribution in [-0.4, -0.2) is 55.1 Å². The van der Waals surface area contributed by atoms with Crippen LogP contribution in [0.4, 0.5) is 4.79 Å². The van der Waals surface area contributed by atoms with Crippen molar-refractivity contribution in [1.29, 1.82) is 0 Å². The van der Waals surface area contributed by atoms with Crippen LogP contribution in [-0.2, 0) is 16.3 Å². The zero-order valence-corrected chi connectivity index (χ0v) is 13.6. The van der Waals surface area contributed by atoms with Crippen molar-refractivity contribution in [2.45, 2.75) is 31.8 Å². The lowest BCUT2D eigenvalue weighted by Gasteiger charge is -2.26. The van der Waals surface area contributed by atoms with Crippen molar-refractivity contribution in [1.82, 2.24) is 10.2 Å². The lowest BCUT2D eigenvalue weighted by molar-refractivity contribution is 0.190. The number of hydrogen-bond acceptors (Lipinski definition) is 4. The predicted octanol–water partition coefficient (Wildman–Crippen LogP) is 1.15. The molecule has 6 nitrogen and oxygen atoms in total. The highest BCUT2D eigenvalue weighted by Gasteiger charge is 2.30. The first-order valence-electron chi connectivity index (χ1n) is 7.28. The molecule has 7 heteroatoms. The average molecular weight is 326 g/mol. The number of nitrogens with zero attached hydrogens (tertiary/aromatic N) is 1. The number of nitrogens with one attached hydrogen (secondary N) is 1. The highest BCUT2D eigenvalue weighted by molar-refractivity contribution is 7.91. The zero-order chi connectivity index (χ0) is 16.3. The van der Waals surface area contributed by atoms with Gasteiger partial charge in [0, 0.05) is 19.1 Å². The van der Waals surface area contributed by atoms with E-state index in [1.165, 1.54) is 0 Å². The number of carbonyl (C=O) groups excluding carboxylic acids is 1. The second kappa shape index (κ2) is 6.56. The Kier molecular flexibility index (Phi) is 4.95. The fourth-order valence-electron chi connectivity index (χ4n) is 2.50. The van der Waals surface area contributed by atoms with Crippen molar-refractivity contribution in [3.63, 3.8) is 0 Å². The zero-order valence-electron chi connectivity index (χ0n) is 12.8. The summed E-state index contributed by atoms with van der Waals surface area (Å²) in [4.78, 5) is 13.8. The van der Waals surface area contributed by atoms with Crippen LogP contribution in [0.2, 0.25) is 0 Å². The maximum absolute atomic E-state index is 12.2. The molecular formula is C15H22N2O4S. The highest BCUT2D eigenvalue weighted by Crippen LogP contribution is 2.14. The van der Waals surface area contributed by atoms with Crippen LogP contribution < -0.4 is 5.32 Å². The Bertz CT molecular complexity index is 627. The van der Waals surface area contributed by atoms with Gasteiger partial charge in [-0.15, -0.1) is 0 Å². The molecule has 2 rings (SSSR count). The monoisotopic (exact) mass is 326 g/mol. The summed E-state index contributed by atoms with van der Waals surface area (Å²) >= 11 is 0. The molecule has 1 aliphatic rings. The number of rotatable bonds is 4. The van der Waals surface area contributed by atoms with E-state index in [1.54, 1.807) is 24.1 Å². The van der Waals surface area contributed by atoms with Gasteiger partial charge >= 0.3 is 6.03 Å². The van der Waals surface area contributed by atoms with E-state index in [-0.39, 0.29) is 35.4 Å². The molecule has 1 aromatic carbocycles. The minimum atomic E-state index is -3.00. The smallest absolute Gasteiger partial charge is 0.317 e. The SMILES string of the molecule is C[C@@H](Cc1ccc(O)cc1)N(C)C(=O)N[C@@H]1CCS(=O)(=O)C1. The summed E-state index contributed by atoms with van der Waals surface area (Å²) in [7, 11) is -1.30. The normalized spacial score (nSPS) is 21.3. The first-order valence-corrected chi connectivity index (χ1v) is 9.10. The lowest BCUT2D eigenvalue weighted by Crippen LogP contribution is -2.47.